The molecule has 0 atom stereocenters. The molecular formula is C13H16N4S. The van der Waals surface area contributed by atoms with E-state index in [0.29, 0.717) is 0 Å². The summed E-state index contributed by atoms with van der Waals surface area (Å²) in [6, 6.07) is 11.9. The maximum absolute atomic E-state index is 4.43. The van der Waals surface area contributed by atoms with Crippen molar-refractivity contribution in [1.29, 1.82) is 0 Å². The average Bonchev–Trinajstić information content (AvgIpc) is 2.40. The molecule has 0 saturated carbocycles. The van der Waals surface area contributed by atoms with E-state index in [9.17, 15) is 0 Å². The monoisotopic (exact) mass is 260 g/mol. The summed E-state index contributed by atoms with van der Waals surface area (Å²) in [5.74, 6) is 1.65. The molecule has 0 saturated heterocycles. The average molecular weight is 260 g/mol. The molecule has 2 N–H and O–H groups in total. The predicted molar refractivity (Wildman–Crippen MR) is 77.7 cm³/mol. The zero-order chi connectivity index (χ0) is 12.8. The van der Waals surface area contributed by atoms with Gasteiger partial charge in [0.1, 0.15) is 11.6 Å². The molecule has 0 fully saturated rings. The second-order valence-electron chi connectivity index (χ2n) is 3.65. The molecule has 0 aliphatic heterocycles. The molecule has 1 aromatic carbocycles. The van der Waals surface area contributed by atoms with Crippen molar-refractivity contribution in [3.63, 3.8) is 0 Å². The Hall–Kier alpha value is -1.75. The lowest BCUT2D eigenvalue weighted by Gasteiger charge is -2.09. The van der Waals surface area contributed by atoms with Gasteiger partial charge in [-0.25, -0.2) is 9.97 Å². The molecule has 2 rings (SSSR count). The molecule has 0 spiro atoms. The summed E-state index contributed by atoms with van der Waals surface area (Å²) in [6.45, 7) is 2.89. The van der Waals surface area contributed by atoms with E-state index in [2.05, 4.69) is 20.6 Å². The molecule has 5 heteroatoms. The van der Waals surface area contributed by atoms with Crippen molar-refractivity contribution in [1.82, 2.24) is 9.97 Å². The lowest BCUT2D eigenvalue weighted by atomic mass is 10.3. The van der Waals surface area contributed by atoms with E-state index >= 15 is 0 Å². The number of hydrogen-bond acceptors (Lipinski definition) is 5. The zero-order valence-corrected chi connectivity index (χ0v) is 11.3. The van der Waals surface area contributed by atoms with E-state index in [-0.39, 0.29) is 0 Å². The van der Waals surface area contributed by atoms with E-state index < -0.39 is 0 Å². The molecule has 0 unspecified atom stereocenters. The summed E-state index contributed by atoms with van der Waals surface area (Å²) in [6.07, 6.45) is 1.97. The lowest BCUT2D eigenvalue weighted by Crippen LogP contribution is -2.03. The first kappa shape index (κ1) is 12.7. The number of nitrogens with one attached hydrogen (secondary N) is 2. The smallest absolute Gasteiger partial charge is 0.191 e. The van der Waals surface area contributed by atoms with Gasteiger partial charge in [0.2, 0.25) is 0 Å². The Bertz CT molecular complexity index is 502. The van der Waals surface area contributed by atoms with Crippen LogP contribution in [0.2, 0.25) is 0 Å². The van der Waals surface area contributed by atoms with Gasteiger partial charge in [-0.3, -0.25) is 0 Å². The van der Waals surface area contributed by atoms with E-state index in [1.165, 1.54) is 11.8 Å². The molecule has 0 amide bonds. The van der Waals surface area contributed by atoms with Gasteiger partial charge in [0.15, 0.2) is 5.16 Å². The van der Waals surface area contributed by atoms with Crippen LogP contribution in [-0.2, 0) is 0 Å². The number of aromatic nitrogens is 2. The van der Waals surface area contributed by atoms with Crippen LogP contribution in [0, 0.1) is 0 Å². The van der Waals surface area contributed by atoms with Gasteiger partial charge in [0.05, 0.1) is 0 Å². The van der Waals surface area contributed by atoms with Gasteiger partial charge in [-0.1, -0.05) is 30.0 Å². The zero-order valence-electron chi connectivity index (χ0n) is 10.5. The summed E-state index contributed by atoms with van der Waals surface area (Å²) in [7, 11) is 0. The first-order valence-corrected chi connectivity index (χ1v) is 7.03. The second-order valence-corrected chi connectivity index (χ2v) is 4.42. The number of nitrogens with zero attached hydrogens (tertiary/aromatic N) is 2. The lowest BCUT2D eigenvalue weighted by molar-refractivity contribution is 0.967. The molecule has 18 heavy (non-hydrogen) atoms. The highest BCUT2D eigenvalue weighted by Gasteiger charge is 2.03. The summed E-state index contributed by atoms with van der Waals surface area (Å²) in [5, 5.41) is 7.23. The molecule has 2 aromatic rings. The third kappa shape index (κ3) is 3.37. The van der Waals surface area contributed by atoms with Crippen molar-refractivity contribution < 1.29 is 0 Å². The molecule has 0 radical (unpaired) electrons. The molecule has 4 nitrogen and oxygen atoms in total. The van der Waals surface area contributed by atoms with Gasteiger partial charge >= 0.3 is 0 Å². The molecule has 94 valence electrons. The number of para-hydroxylation sites is 1. The van der Waals surface area contributed by atoms with Crippen LogP contribution >= 0.6 is 11.8 Å². The maximum atomic E-state index is 4.43. The summed E-state index contributed by atoms with van der Waals surface area (Å²) in [5.41, 5.74) is 1.02. The third-order valence-corrected chi connectivity index (χ3v) is 2.84. The maximum Gasteiger partial charge on any atom is 0.191 e. The predicted octanol–water partition coefficient (Wildman–Crippen LogP) is 3.37. The van der Waals surface area contributed by atoms with Crippen LogP contribution in [0.1, 0.15) is 6.92 Å². The Kier molecular flexibility index (Phi) is 4.41. The molecule has 0 aliphatic carbocycles. The van der Waals surface area contributed by atoms with Crippen molar-refractivity contribution >= 4 is 29.1 Å². The van der Waals surface area contributed by atoms with Gasteiger partial charge in [0, 0.05) is 18.3 Å². The first-order valence-electron chi connectivity index (χ1n) is 5.81. The van der Waals surface area contributed by atoms with Crippen molar-refractivity contribution in [2.75, 3.05) is 23.4 Å². The minimum absolute atomic E-state index is 0.756. The number of thioether (sulfide) groups is 1. The molecule has 1 heterocycles. The van der Waals surface area contributed by atoms with Crippen LogP contribution in [-0.4, -0.2) is 22.8 Å². The van der Waals surface area contributed by atoms with Crippen molar-refractivity contribution in [2.24, 2.45) is 0 Å². The quantitative estimate of drug-likeness (QED) is 0.637. The number of hydrogen-bond donors (Lipinski definition) is 2. The Labute approximate surface area is 111 Å². The largest absolute Gasteiger partial charge is 0.370 e. The van der Waals surface area contributed by atoms with Gasteiger partial charge in [-0.2, -0.15) is 0 Å². The number of benzene rings is 1. The van der Waals surface area contributed by atoms with E-state index in [1.54, 1.807) is 0 Å². The highest BCUT2D eigenvalue weighted by atomic mass is 32.2. The fraction of sp³-hybridized carbons (Fsp3) is 0.231. The summed E-state index contributed by atoms with van der Waals surface area (Å²) in [4.78, 5) is 8.81. The highest BCUT2D eigenvalue weighted by Crippen LogP contribution is 2.20. The fourth-order valence-corrected chi connectivity index (χ4v) is 1.90. The summed E-state index contributed by atoms with van der Waals surface area (Å²) < 4.78 is 0. The minimum atomic E-state index is 0.756. The van der Waals surface area contributed by atoms with E-state index in [1.807, 2.05) is 49.6 Å². The second kappa shape index (κ2) is 6.26. The third-order valence-electron chi connectivity index (χ3n) is 2.29. The topological polar surface area (TPSA) is 49.8 Å². The fourth-order valence-electron chi connectivity index (χ4n) is 1.52. The first-order chi connectivity index (χ1) is 8.81. The molecule has 1 aromatic heterocycles. The Morgan fingerprint density at radius 1 is 1.11 bits per heavy atom. The SMILES string of the molecule is CCNc1cc(Nc2ccccc2)nc(SC)n1. The van der Waals surface area contributed by atoms with Crippen LogP contribution in [0.4, 0.5) is 17.3 Å². The van der Waals surface area contributed by atoms with Crippen LogP contribution in [0.3, 0.4) is 0 Å². The van der Waals surface area contributed by atoms with Gasteiger partial charge in [0.25, 0.3) is 0 Å². The molecule has 0 aliphatic rings. The molecular weight excluding hydrogens is 244 g/mol. The summed E-state index contributed by atoms with van der Waals surface area (Å²) >= 11 is 1.53. The highest BCUT2D eigenvalue weighted by molar-refractivity contribution is 7.98. The minimum Gasteiger partial charge on any atom is -0.370 e. The number of rotatable bonds is 5. The van der Waals surface area contributed by atoms with Crippen molar-refractivity contribution in [3.05, 3.63) is 36.4 Å². The van der Waals surface area contributed by atoms with Gasteiger partial charge in [-0.15, -0.1) is 0 Å². The number of anilines is 3. The Morgan fingerprint density at radius 3 is 2.50 bits per heavy atom. The van der Waals surface area contributed by atoms with Crippen LogP contribution in [0.25, 0.3) is 0 Å². The van der Waals surface area contributed by atoms with Crippen LogP contribution in [0.5, 0.6) is 0 Å². The van der Waals surface area contributed by atoms with E-state index in [0.717, 1.165) is 29.0 Å². The van der Waals surface area contributed by atoms with Crippen LogP contribution in [0.15, 0.2) is 41.6 Å². The van der Waals surface area contributed by atoms with Crippen molar-refractivity contribution in [3.8, 4) is 0 Å². The van der Waals surface area contributed by atoms with Crippen molar-refractivity contribution in [2.45, 2.75) is 12.1 Å². The van der Waals surface area contributed by atoms with Gasteiger partial charge in [-0.05, 0) is 25.3 Å². The van der Waals surface area contributed by atoms with Crippen LogP contribution < -0.4 is 10.6 Å². The Balaban J connectivity index is 2.24. The normalized spacial score (nSPS) is 10.1. The standard InChI is InChI=1S/C13H16N4S/c1-3-14-11-9-12(17-13(16-11)18-2)15-10-7-5-4-6-8-10/h4-9H,3H2,1-2H3,(H2,14,15,16,17). The van der Waals surface area contributed by atoms with E-state index in [4.69, 9.17) is 0 Å². The van der Waals surface area contributed by atoms with Gasteiger partial charge < -0.3 is 10.6 Å². The Morgan fingerprint density at radius 2 is 1.83 bits per heavy atom. The molecule has 0 bridgehead atoms.